The average molecular weight is 315 g/mol. The lowest BCUT2D eigenvalue weighted by atomic mass is 10.2. The molecule has 0 bridgehead atoms. The zero-order chi connectivity index (χ0) is 15.6. The minimum absolute atomic E-state index is 0.0390. The number of methoxy groups -OCH3 is 1. The molecule has 1 unspecified atom stereocenters. The number of rotatable bonds is 4. The summed E-state index contributed by atoms with van der Waals surface area (Å²) in [6.07, 6.45) is -0.279. The maximum Gasteiger partial charge on any atom is 0.305 e. The van der Waals surface area contributed by atoms with Gasteiger partial charge in [-0.25, -0.2) is 13.4 Å². The van der Waals surface area contributed by atoms with Gasteiger partial charge in [0.2, 0.25) is 11.8 Å². The number of aliphatic carboxylic acids is 1. The standard InChI is InChI=1S/C12H17N3O5S/c1-8-5-10(20-2)14-12(13-8)15-3-4-21(18,19)7-9(15)6-11(16)17/h5,9H,3-4,6-7H2,1-2H3,(H,16,17). The van der Waals surface area contributed by atoms with Crippen LogP contribution < -0.4 is 9.64 Å². The number of anilines is 1. The molecule has 0 amide bonds. The molecule has 0 saturated carbocycles. The Balaban J connectivity index is 2.35. The predicted molar refractivity (Wildman–Crippen MR) is 75.4 cm³/mol. The van der Waals surface area contributed by atoms with Crippen molar-refractivity contribution in [2.24, 2.45) is 0 Å². The summed E-state index contributed by atoms with van der Waals surface area (Å²) in [7, 11) is -1.76. The maximum absolute atomic E-state index is 11.7. The first-order chi connectivity index (χ1) is 9.80. The number of ether oxygens (including phenoxy) is 1. The van der Waals surface area contributed by atoms with Crippen LogP contribution in [0.3, 0.4) is 0 Å². The molecule has 21 heavy (non-hydrogen) atoms. The van der Waals surface area contributed by atoms with Gasteiger partial charge >= 0.3 is 5.97 Å². The van der Waals surface area contributed by atoms with Crippen molar-refractivity contribution in [2.45, 2.75) is 19.4 Å². The van der Waals surface area contributed by atoms with Gasteiger partial charge in [-0.2, -0.15) is 4.98 Å². The second-order valence-corrected chi connectivity index (χ2v) is 7.14. The Kier molecular flexibility index (Phi) is 4.31. The number of hydrogen-bond acceptors (Lipinski definition) is 7. The Hall–Kier alpha value is -1.90. The van der Waals surface area contributed by atoms with Crippen molar-refractivity contribution in [3.05, 3.63) is 11.8 Å². The van der Waals surface area contributed by atoms with Crippen LogP contribution in [0, 0.1) is 6.92 Å². The van der Waals surface area contributed by atoms with Gasteiger partial charge in [-0.1, -0.05) is 0 Å². The Morgan fingerprint density at radius 2 is 2.24 bits per heavy atom. The van der Waals surface area contributed by atoms with Crippen LogP contribution in [-0.4, -0.2) is 60.7 Å². The van der Waals surface area contributed by atoms with E-state index in [0.717, 1.165) is 0 Å². The van der Waals surface area contributed by atoms with Crippen molar-refractivity contribution < 1.29 is 23.1 Å². The van der Waals surface area contributed by atoms with Crippen LogP contribution in [0.1, 0.15) is 12.1 Å². The summed E-state index contributed by atoms with van der Waals surface area (Å²) in [4.78, 5) is 21.0. The molecule has 1 fully saturated rings. The first-order valence-electron chi connectivity index (χ1n) is 6.39. The van der Waals surface area contributed by atoms with Crippen LogP contribution in [-0.2, 0) is 14.6 Å². The summed E-state index contributed by atoms with van der Waals surface area (Å²) in [6.45, 7) is 1.94. The predicted octanol–water partition coefficient (Wildman–Crippen LogP) is -0.128. The van der Waals surface area contributed by atoms with Crippen LogP contribution in [0.25, 0.3) is 0 Å². The van der Waals surface area contributed by atoms with Crippen molar-refractivity contribution in [2.75, 3.05) is 30.1 Å². The number of sulfone groups is 1. The normalized spacial score (nSPS) is 21.0. The molecule has 1 N–H and O–H groups in total. The summed E-state index contributed by atoms with van der Waals surface area (Å²) >= 11 is 0. The highest BCUT2D eigenvalue weighted by Gasteiger charge is 2.34. The van der Waals surface area contributed by atoms with Crippen molar-refractivity contribution in [3.8, 4) is 5.88 Å². The molecule has 1 aliphatic rings. The summed E-state index contributed by atoms with van der Waals surface area (Å²) in [5.41, 5.74) is 0.666. The third kappa shape index (κ3) is 3.81. The van der Waals surface area contributed by atoms with Crippen LogP contribution in [0.5, 0.6) is 5.88 Å². The molecule has 2 rings (SSSR count). The van der Waals surface area contributed by atoms with Gasteiger partial charge in [0, 0.05) is 18.3 Å². The van der Waals surface area contributed by atoms with E-state index in [1.807, 2.05) is 0 Å². The zero-order valence-corrected chi connectivity index (χ0v) is 12.6. The number of carboxylic acid groups (broad SMARTS) is 1. The van der Waals surface area contributed by atoms with Gasteiger partial charge < -0.3 is 14.7 Å². The second kappa shape index (κ2) is 5.84. The molecular formula is C12H17N3O5S. The molecule has 9 heteroatoms. The Labute approximate surface area is 122 Å². The molecule has 1 aromatic rings. The van der Waals surface area contributed by atoms with Gasteiger partial charge in [-0.05, 0) is 6.92 Å². The number of carboxylic acids is 1. The van der Waals surface area contributed by atoms with E-state index in [1.165, 1.54) is 7.11 Å². The number of nitrogens with zero attached hydrogens (tertiary/aromatic N) is 3. The molecule has 0 aliphatic carbocycles. The number of aryl methyl sites for hydroxylation is 1. The molecule has 0 radical (unpaired) electrons. The van der Waals surface area contributed by atoms with Crippen LogP contribution in [0.15, 0.2) is 6.07 Å². The van der Waals surface area contributed by atoms with E-state index >= 15 is 0 Å². The van der Waals surface area contributed by atoms with Crippen LogP contribution >= 0.6 is 0 Å². The molecule has 0 spiro atoms. The summed E-state index contributed by atoms with van der Waals surface area (Å²) < 4.78 is 28.5. The highest BCUT2D eigenvalue weighted by Crippen LogP contribution is 2.22. The van der Waals surface area contributed by atoms with Gasteiger partial charge in [-0.15, -0.1) is 0 Å². The lowest BCUT2D eigenvalue weighted by Gasteiger charge is -2.34. The Bertz CT molecular complexity index is 646. The lowest BCUT2D eigenvalue weighted by Crippen LogP contribution is -2.50. The van der Waals surface area contributed by atoms with E-state index in [4.69, 9.17) is 9.84 Å². The molecule has 0 aromatic carbocycles. The average Bonchev–Trinajstić information content (AvgIpc) is 2.36. The SMILES string of the molecule is COc1cc(C)nc(N2CCS(=O)(=O)CC2CC(=O)O)n1. The smallest absolute Gasteiger partial charge is 0.305 e. The molecule has 1 aliphatic heterocycles. The fourth-order valence-electron chi connectivity index (χ4n) is 2.28. The van der Waals surface area contributed by atoms with E-state index in [9.17, 15) is 13.2 Å². The topological polar surface area (TPSA) is 110 Å². The summed E-state index contributed by atoms with van der Waals surface area (Å²) in [5, 5.41) is 8.97. The molecule has 1 atom stereocenters. The van der Waals surface area contributed by atoms with E-state index < -0.39 is 21.8 Å². The molecule has 2 heterocycles. The van der Waals surface area contributed by atoms with E-state index in [2.05, 4.69) is 9.97 Å². The molecule has 1 saturated heterocycles. The zero-order valence-electron chi connectivity index (χ0n) is 11.8. The molecular weight excluding hydrogens is 298 g/mol. The highest BCUT2D eigenvalue weighted by molar-refractivity contribution is 7.91. The monoisotopic (exact) mass is 315 g/mol. The van der Waals surface area contributed by atoms with E-state index in [1.54, 1.807) is 17.9 Å². The maximum atomic E-state index is 11.7. The Morgan fingerprint density at radius 1 is 1.52 bits per heavy atom. The minimum atomic E-state index is -3.24. The van der Waals surface area contributed by atoms with Gasteiger partial charge in [0.15, 0.2) is 9.84 Å². The van der Waals surface area contributed by atoms with E-state index in [-0.39, 0.29) is 24.5 Å². The molecule has 1 aromatic heterocycles. The summed E-state index contributed by atoms with van der Waals surface area (Å²) in [6, 6.07) is 0.976. The largest absolute Gasteiger partial charge is 0.481 e. The third-order valence-electron chi connectivity index (χ3n) is 3.23. The quantitative estimate of drug-likeness (QED) is 0.818. The molecule has 8 nitrogen and oxygen atoms in total. The second-order valence-electron chi connectivity index (χ2n) is 4.91. The third-order valence-corrected chi connectivity index (χ3v) is 4.92. The fraction of sp³-hybridized carbons (Fsp3) is 0.583. The van der Waals surface area contributed by atoms with Crippen molar-refractivity contribution in [3.63, 3.8) is 0 Å². The number of hydrogen-bond donors (Lipinski definition) is 1. The first-order valence-corrected chi connectivity index (χ1v) is 8.21. The Morgan fingerprint density at radius 3 is 2.86 bits per heavy atom. The van der Waals surface area contributed by atoms with Gasteiger partial charge in [0.1, 0.15) is 0 Å². The fourth-order valence-corrected chi connectivity index (χ4v) is 3.80. The minimum Gasteiger partial charge on any atom is -0.481 e. The van der Waals surface area contributed by atoms with Crippen LogP contribution in [0.2, 0.25) is 0 Å². The highest BCUT2D eigenvalue weighted by atomic mass is 32.2. The first kappa shape index (κ1) is 15.5. The van der Waals surface area contributed by atoms with Crippen molar-refractivity contribution in [1.29, 1.82) is 0 Å². The van der Waals surface area contributed by atoms with Crippen molar-refractivity contribution >= 4 is 21.8 Å². The van der Waals surface area contributed by atoms with Gasteiger partial charge in [0.05, 0.1) is 31.1 Å². The van der Waals surface area contributed by atoms with Crippen molar-refractivity contribution in [1.82, 2.24) is 9.97 Å². The van der Waals surface area contributed by atoms with E-state index in [0.29, 0.717) is 17.5 Å². The van der Waals surface area contributed by atoms with Gasteiger partial charge in [-0.3, -0.25) is 4.79 Å². The summed E-state index contributed by atoms with van der Waals surface area (Å²) in [5.74, 6) is -0.642. The number of carbonyl (C=O) groups is 1. The van der Waals surface area contributed by atoms with Gasteiger partial charge in [0.25, 0.3) is 0 Å². The van der Waals surface area contributed by atoms with Crippen LogP contribution in [0.4, 0.5) is 5.95 Å². The lowest BCUT2D eigenvalue weighted by molar-refractivity contribution is -0.137. The molecule has 116 valence electrons. The number of aromatic nitrogens is 2.